The van der Waals surface area contributed by atoms with Crippen molar-refractivity contribution in [2.24, 2.45) is 0 Å². The van der Waals surface area contributed by atoms with Crippen molar-refractivity contribution in [2.45, 2.75) is 10.4 Å². The first-order valence-electron chi connectivity index (χ1n) is 12.5. The summed E-state index contributed by atoms with van der Waals surface area (Å²) in [4.78, 5) is 45.9. The number of carbonyl (C=O) groups is 3. The van der Waals surface area contributed by atoms with Crippen molar-refractivity contribution in [1.82, 2.24) is 14.1 Å². The van der Waals surface area contributed by atoms with Crippen LogP contribution >= 0.6 is 0 Å². The van der Waals surface area contributed by atoms with Crippen LogP contribution in [-0.4, -0.2) is 106 Å². The number of ketones is 1. The molecule has 2 aromatic carbocycles. The molecule has 5 rings (SSSR count). The van der Waals surface area contributed by atoms with Crippen molar-refractivity contribution >= 4 is 39.1 Å². The van der Waals surface area contributed by atoms with Gasteiger partial charge in [-0.3, -0.25) is 19.3 Å². The van der Waals surface area contributed by atoms with E-state index in [0.29, 0.717) is 44.1 Å². The average molecular weight is 555 g/mol. The number of anilines is 1. The fourth-order valence-electron chi connectivity index (χ4n) is 5.50. The fourth-order valence-corrected chi connectivity index (χ4v) is 6.44. The molecule has 2 fully saturated rings. The lowest BCUT2D eigenvalue weighted by Gasteiger charge is -2.36. The van der Waals surface area contributed by atoms with E-state index in [1.165, 1.54) is 48.2 Å². The highest BCUT2D eigenvalue weighted by molar-refractivity contribution is 7.89. The lowest BCUT2D eigenvalue weighted by atomic mass is 9.82. The van der Waals surface area contributed by atoms with Crippen LogP contribution in [0.4, 0.5) is 5.69 Å². The Balaban J connectivity index is 1.71. The Hall–Kier alpha value is -3.58. The van der Waals surface area contributed by atoms with E-state index in [9.17, 15) is 27.9 Å². The smallest absolute Gasteiger partial charge is 0.296 e. The Labute approximate surface area is 226 Å². The van der Waals surface area contributed by atoms with E-state index >= 15 is 0 Å². The number of amides is 2. The van der Waals surface area contributed by atoms with Gasteiger partial charge in [-0.1, -0.05) is 30.3 Å². The number of hydrogen-bond acceptors (Lipinski definition) is 8. The van der Waals surface area contributed by atoms with Crippen LogP contribution in [0.15, 0.2) is 59.0 Å². The predicted octanol–water partition coefficient (Wildman–Crippen LogP) is 0.821. The Kier molecular flexibility index (Phi) is 6.83. The molecule has 1 spiro atoms. The topological polar surface area (TPSA) is 128 Å². The zero-order chi connectivity index (χ0) is 28.1. The largest absolute Gasteiger partial charge is 0.507 e. The summed E-state index contributed by atoms with van der Waals surface area (Å²) in [5.74, 6) is -3.07. The van der Waals surface area contributed by atoms with Gasteiger partial charge in [0.25, 0.3) is 17.6 Å². The van der Waals surface area contributed by atoms with Crippen LogP contribution in [0.25, 0.3) is 5.76 Å². The second-order valence-corrected chi connectivity index (χ2v) is 12.0. The highest BCUT2D eigenvalue weighted by Gasteiger charge is 2.66. The van der Waals surface area contributed by atoms with Crippen LogP contribution in [-0.2, 0) is 34.7 Å². The molecule has 3 aliphatic rings. The number of nitrogens with zero attached hydrogens (tertiary/aromatic N) is 4. The summed E-state index contributed by atoms with van der Waals surface area (Å²) in [7, 11) is 0.455. The molecular weight excluding hydrogens is 524 g/mol. The molecule has 0 bridgehead atoms. The number of Topliss-reactive ketones (excluding diaryl/α,β-unsaturated/α-hetero) is 1. The standard InChI is InChI=1S/C27H30N4O7S/c1-28(2)39(36,37)19-8-6-7-18(17-19)23(32)22-24(33)25(34)31(12-11-30-13-15-38-16-14-30)27(22)20-9-4-5-10-21(20)29(3)26(27)35/h4-10,17,32H,11-16H2,1-3H3/t27-/m1/s1. The quantitative estimate of drug-likeness (QED) is 0.316. The molecule has 0 aromatic heterocycles. The maximum atomic E-state index is 14.1. The zero-order valence-electron chi connectivity index (χ0n) is 22.0. The Bertz CT molecular complexity index is 1500. The van der Waals surface area contributed by atoms with E-state index < -0.39 is 38.9 Å². The summed E-state index contributed by atoms with van der Waals surface area (Å²) in [6.45, 7) is 2.84. The molecule has 1 atom stereocenters. The van der Waals surface area contributed by atoms with Crippen LogP contribution in [0.1, 0.15) is 11.1 Å². The molecule has 0 radical (unpaired) electrons. The van der Waals surface area contributed by atoms with Crippen molar-refractivity contribution in [3.8, 4) is 0 Å². The molecular formula is C27H30N4O7S. The van der Waals surface area contributed by atoms with Gasteiger partial charge in [0.05, 0.1) is 23.7 Å². The van der Waals surface area contributed by atoms with Gasteiger partial charge in [0.1, 0.15) is 5.76 Å². The predicted molar refractivity (Wildman–Crippen MR) is 142 cm³/mol. The number of ether oxygens (including phenoxy) is 1. The van der Waals surface area contributed by atoms with Crippen LogP contribution in [0.2, 0.25) is 0 Å². The van der Waals surface area contributed by atoms with Crippen LogP contribution < -0.4 is 4.90 Å². The van der Waals surface area contributed by atoms with Gasteiger partial charge in [-0.25, -0.2) is 12.7 Å². The molecule has 206 valence electrons. The molecule has 2 amide bonds. The third-order valence-electron chi connectivity index (χ3n) is 7.57. The third-order valence-corrected chi connectivity index (χ3v) is 9.38. The van der Waals surface area contributed by atoms with E-state index in [1.54, 1.807) is 31.3 Å². The van der Waals surface area contributed by atoms with Crippen LogP contribution in [0, 0.1) is 0 Å². The number of aliphatic hydroxyl groups is 1. The average Bonchev–Trinajstić information content (AvgIpc) is 3.30. The normalized spacial score (nSPS) is 23.3. The van der Waals surface area contributed by atoms with Crippen molar-refractivity contribution < 1.29 is 32.6 Å². The summed E-state index contributed by atoms with van der Waals surface area (Å²) in [6, 6.07) is 12.3. The first kappa shape index (κ1) is 27.0. The molecule has 0 unspecified atom stereocenters. The van der Waals surface area contributed by atoms with Gasteiger partial charge in [0, 0.05) is 64.1 Å². The summed E-state index contributed by atoms with van der Waals surface area (Å²) in [5, 5.41) is 11.6. The second-order valence-electron chi connectivity index (χ2n) is 9.87. The van der Waals surface area contributed by atoms with E-state index in [2.05, 4.69) is 4.90 Å². The molecule has 11 nitrogen and oxygen atoms in total. The molecule has 0 aliphatic carbocycles. The number of fused-ring (bicyclic) bond motifs is 2. The van der Waals surface area contributed by atoms with Gasteiger partial charge < -0.3 is 19.6 Å². The molecule has 39 heavy (non-hydrogen) atoms. The fraction of sp³-hybridized carbons (Fsp3) is 0.370. The lowest BCUT2D eigenvalue weighted by Crippen LogP contribution is -2.53. The van der Waals surface area contributed by atoms with Gasteiger partial charge in [0.2, 0.25) is 10.0 Å². The number of hydrogen-bond donors (Lipinski definition) is 1. The number of morpholine rings is 1. The summed E-state index contributed by atoms with van der Waals surface area (Å²) in [6.07, 6.45) is 0. The Morgan fingerprint density at radius 1 is 1.03 bits per heavy atom. The van der Waals surface area contributed by atoms with Crippen molar-refractivity contribution in [1.29, 1.82) is 0 Å². The van der Waals surface area contributed by atoms with E-state index in [1.807, 2.05) is 0 Å². The molecule has 3 aliphatic heterocycles. The number of likely N-dealkylation sites (N-methyl/N-ethyl adjacent to an activating group) is 1. The van der Waals surface area contributed by atoms with Gasteiger partial charge in [-0.2, -0.15) is 0 Å². The first-order valence-corrected chi connectivity index (χ1v) is 14.0. The van der Waals surface area contributed by atoms with Gasteiger partial charge >= 0.3 is 0 Å². The SMILES string of the molecule is CN1C(=O)[C@]2(C(=C(O)c3cccc(S(=O)(=O)N(C)C)c3)C(=O)C(=O)N2CCN2CCOCC2)c2ccccc21. The number of benzene rings is 2. The minimum atomic E-state index is -3.86. The summed E-state index contributed by atoms with van der Waals surface area (Å²) >= 11 is 0. The number of aliphatic hydroxyl groups excluding tert-OH is 1. The lowest BCUT2D eigenvalue weighted by molar-refractivity contribution is -0.144. The summed E-state index contributed by atoms with van der Waals surface area (Å²) < 4.78 is 32.0. The van der Waals surface area contributed by atoms with Gasteiger partial charge in [-0.05, 0) is 18.2 Å². The minimum Gasteiger partial charge on any atom is -0.507 e. The Morgan fingerprint density at radius 2 is 1.72 bits per heavy atom. The Morgan fingerprint density at radius 3 is 2.41 bits per heavy atom. The van der Waals surface area contributed by atoms with E-state index in [0.717, 1.165) is 4.31 Å². The summed E-state index contributed by atoms with van der Waals surface area (Å²) in [5.41, 5.74) is -1.36. The third kappa shape index (κ3) is 4.06. The van der Waals surface area contributed by atoms with Crippen molar-refractivity contribution in [3.05, 3.63) is 65.2 Å². The number of sulfonamides is 1. The molecule has 0 saturated carbocycles. The monoisotopic (exact) mass is 554 g/mol. The number of carbonyl (C=O) groups excluding carboxylic acids is 3. The molecule has 12 heteroatoms. The van der Waals surface area contributed by atoms with Gasteiger partial charge in [0.15, 0.2) is 5.54 Å². The second kappa shape index (κ2) is 9.87. The molecule has 2 saturated heterocycles. The van der Waals surface area contributed by atoms with Crippen LogP contribution in [0.5, 0.6) is 0 Å². The van der Waals surface area contributed by atoms with E-state index in [-0.39, 0.29) is 22.6 Å². The van der Waals surface area contributed by atoms with Gasteiger partial charge in [-0.15, -0.1) is 0 Å². The van der Waals surface area contributed by atoms with Crippen molar-refractivity contribution in [3.63, 3.8) is 0 Å². The maximum absolute atomic E-state index is 14.1. The number of likely N-dealkylation sites (tertiary alicyclic amines) is 1. The molecule has 2 aromatic rings. The number of para-hydroxylation sites is 1. The first-order chi connectivity index (χ1) is 18.5. The number of rotatable bonds is 6. The zero-order valence-corrected chi connectivity index (χ0v) is 22.8. The van der Waals surface area contributed by atoms with E-state index in [4.69, 9.17) is 4.74 Å². The molecule has 3 heterocycles. The van der Waals surface area contributed by atoms with Crippen LogP contribution in [0.3, 0.4) is 0 Å². The van der Waals surface area contributed by atoms with Crippen molar-refractivity contribution in [2.75, 3.05) is 65.4 Å². The molecule has 1 N–H and O–H groups in total. The highest BCUT2D eigenvalue weighted by atomic mass is 32.2. The highest BCUT2D eigenvalue weighted by Crippen LogP contribution is 2.53. The maximum Gasteiger partial charge on any atom is 0.296 e. The minimum absolute atomic E-state index is 0.00307.